The van der Waals surface area contributed by atoms with Crippen molar-refractivity contribution in [3.05, 3.63) is 35.4 Å². The van der Waals surface area contributed by atoms with Crippen LogP contribution in [0.4, 0.5) is 0 Å². The maximum absolute atomic E-state index is 11.6. The molecule has 1 aromatic carbocycles. The first-order valence-corrected chi connectivity index (χ1v) is 6.27. The van der Waals surface area contributed by atoms with Crippen molar-refractivity contribution in [2.75, 3.05) is 7.11 Å². The van der Waals surface area contributed by atoms with Gasteiger partial charge in [-0.3, -0.25) is 9.59 Å². The van der Waals surface area contributed by atoms with E-state index in [1.54, 1.807) is 0 Å². The number of benzene rings is 1. The standard InChI is InChI=1S/C15H16O4/c1-19-14(17)7-11-4-2-10(3-5-11)6-12-8-13(9-16)15(12)18/h2-5,9,12-13H,6-8H2,1H3. The van der Waals surface area contributed by atoms with Gasteiger partial charge in [-0.25, -0.2) is 0 Å². The molecule has 0 spiro atoms. The number of methoxy groups -OCH3 is 1. The minimum absolute atomic E-state index is 0.0262. The van der Waals surface area contributed by atoms with E-state index in [0.29, 0.717) is 12.8 Å². The van der Waals surface area contributed by atoms with E-state index in [1.165, 1.54) is 7.11 Å². The molecule has 0 heterocycles. The number of ether oxygens (including phenoxy) is 1. The summed E-state index contributed by atoms with van der Waals surface area (Å²) < 4.78 is 4.60. The quantitative estimate of drug-likeness (QED) is 0.455. The number of carbonyl (C=O) groups excluding carboxylic acids is 3. The average Bonchev–Trinajstić information content (AvgIpc) is 2.44. The van der Waals surface area contributed by atoms with Crippen LogP contribution in [0.5, 0.6) is 0 Å². The van der Waals surface area contributed by atoms with Gasteiger partial charge >= 0.3 is 5.97 Å². The van der Waals surface area contributed by atoms with Gasteiger partial charge < -0.3 is 9.53 Å². The Balaban J connectivity index is 1.91. The van der Waals surface area contributed by atoms with Crippen LogP contribution < -0.4 is 0 Å². The lowest BCUT2D eigenvalue weighted by Crippen LogP contribution is -2.39. The van der Waals surface area contributed by atoms with Crippen LogP contribution in [0.1, 0.15) is 17.5 Å². The third-order valence-corrected chi connectivity index (χ3v) is 3.55. The van der Waals surface area contributed by atoms with Gasteiger partial charge in [0.15, 0.2) is 0 Å². The molecular formula is C15H16O4. The molecule has 1 aromatic rings. The highest BCUT2D eigenvalue weighted by molar-refractivity contribution is 6.00. The second-order valence-electron chi connectivity index (χ2n) is 4.85. The van der Waals surface area contributed by atoms with E-state index in [9.17, 15) is 14.4 Å². The first kappa shape index (κ1) is 13.5. The number of aldehydes is 1. The summed E-state index contributed by atoms with van der Waals surface area (Å²) in [5, 5.41) is 0. The van der Waals surface area contributed by atoms with Crippen molar-refractivity contribution in [2.45, 2.75) is 19.3 Å². The number of ketones is 1. The zero-order valence-corrected chi connectivity index (χ0v) is 10.8. The summed E-state index contributed by atoms with van der Waals surface area (Å²) in [6.07, 6.45) is 2.32. The molecule has 19 heavy (non-hydrogen) atoms. The highest BCUT2D eigenvalue weighted by Gasteiger charge is 2.38. The third-order valence-electron chi connectivity index (χ3n) is 3.55. The lowest BCUT2D eigenvalue weighted by atomic mass is 9.71. The lowest BCUT2D eigenvalue weighted by Gasteiger charge is -2.29. The van der Waals surface area contributed by atoms with Gasteiger partial charge in [0.1, 0.15) is 12.1 Å². The van der Waals surface area contributed by atoms with Gasteiger partial charge in [-0.2, -0.15) is 0 Å². The first-order valence-electron chi connectivity index (χ1n) is 6.27. The molecule has 0 bridgehead atoms. The van der Waals surface area contributed by atoms with Gasteiger partial charge in [0.2, 0.25) is 0 Å². The molecule has 0 aliphatic heterocycles. The van der Waals surface area contributed by atoms with E-state index in [1.807, 2.05) is 24.3 Å². The largest absolute Gasteiger partial charge is 0.469 e. The van der Waals surface area contributed by atoms with Crippen molar-refractivity contribution in [1.82, 2.24) is 0 Å². The highest BCUT2D eigenvalue weighted by atomic mass is 16.5. The molecule has 2 unspecified atom stereocenters. The predicted molar refractivity (Wildman–Crippen MR) is 68.5 cm³/mol. The monoisotopic (exact) mass is 260 g/mol. The van der Waals surface area contributed by atoms with E-state index >= 15 is 0 Å². The van der Waals surface area contributed by atoms with Crippen molar-refractivity contribution in [3.63, 3.8) is 0 Å². The Morgan fingerprint density at radius 2 is 1.95 bits per heavy atom. The van der Waals surface area contributed by atoms with E-state index in [4.69, 9.17) is 0 Å². The van der Waals surface area contributed by atoms with E-state index < -0.39 is 0 Å². The van der Waals surface area contributed by atoms with Crippen molar-refractivity contribution in [2.24, 2.45) is 11.8 Å². The van der Waals surface area contributed by atoms with Crippen LogP contribution in [0.3, 0.4) is 0 Å². The minimum atomic E-state index is -0.386. The van der Waals surface area contributed by atoms with E-state index in [-0.39, 0.29) is 30.0 Å². The number of Topliss-reactive ketones (excluding diaryl/α,β-unsaturated/α-hetero) is 1. The Bertz CT molecular complexity index is 489. The molecule has 1 fully saturated rings. The predicted octanol–water partition coefficient (Wildman–Crippen LogP) is 1.35. The van der Waals surface area contributed by atoms with Crippen LogP contribution in [-0.2, 0) is 32.0 Å². The van der Waals surface area contributed by atoms with Crippen LogP contribution in [0.2, 0.25) is 0 Å². The highest BCUT2D eigenvalue weighted by Crippen LogP contribution is 2.31. The fourth-order valence-corrected chi connectivity index (χ4v) is 2.30. The van der Waals surface area contributed by atoms with Gasteiger partial charge in [0.25, 0.3) is 0 Å². The molecule has 4 nitrogen and oxygen atoms in total. The van der Waals surface area contributed by atoms with Crippen molar-refractivity contribution in [3.8, 4) is 0 Å². The maximum atomic E-state index is 11.6. The topological polar surface area (TPSA) is 60.4 Å². The minimum Gasteiger partial charge on any atom is -0.469 e. The second-order valence-corrected chi connectivity index (χ2v) is 4.85. The number of esters is 1. The molecule has 0 N–H and O–H groups in total. The Morgan fingerprint density at radius 3 is 2.47 bits per heavy atom. The van der Waals surface area contributed by atoms with Gasteiger partial charge in [0, 0.05) is 5.92 Å². The molecule has 100 valence electrons. The van der Waals surface area contributed by atoms with Crippen molar-refractivity contribution < 1.29 is 19.1 Å². The molecule has 1 saturated carbocycles. The fourth-order valence-electron chi connectivity index (χ4n) is 2.30. The molecule has 0 aromatic heterocycles. The van der Waals surface area contributed by atoms with Gasteiger partial charge in [0.05, 0.1) is 19.4 Å². The SMILES string of the molecule is COC(=O)Cc1ccc(CC2CC(C=O)C2=O)cc1. The molecular weight excluding hydrogens is 244 g/mol. The third kappa shape index (κ3) is 3.08. The Kier molecular flexibility index (Phi) is 4.10. The Morgan fingerprint density at radius 1 is 1.32 bits per heavy atom. The number of carbonyl (C=O) groups is 3. The number of rotatable bonds is 5. The molecule has 0 saturated heterocycles. The van der Waals surface area contributed by atoms with E-state index in [0.717, 1.165) is 17.4 Å². The molecule has 2 rings (SSSR count). The van der Waals surface area contributed by atoms with Crippen LogP contribution >= 0.6 is 0 Å². The van der Waals surface area contributed by atoms with Crippen LogP contribution in [0.25, 0.3) is 0 Å². The second kappa shape index (κ2) is 5.78. The van der Waals surface area contributed by atoms with Crippen LogP contribution in [0, 0.1) is 11.8 Å². The number of hydrogen-bond donors (Lipinski definition) is 0. The summed E-state index contributed by atoms with van der Waals surface area (Å²) in [5.74, 6) is -0.630. The molecule has 4 heteroatoms. The summed E-state index contributed by atoms with van der Waals surface area (Å²) in [6, 6.07) is 7.57. The summed E-state index contributed by atoms with van der Waals surface area (Å²) >= 11 is 0. The van der Waals surface area contributed by atoms with Gasteiger partial charge in [-0.15, -0.1) is 0 Å². The summed E-state index contributed by atoms with van der Waals surface area (Å²) in [5.41, 5.74) is 1.94. The van der Waals surface area contributed by atoms with Crippen LogP contribution in [-0.4, -0.2) is 25.1 Å². The number of hydrogen-bond acceptors (Lipinski definition) is 4. The molecule has 0 radical (unpaired) electrons. The molecule has 2 atom stereocenters. The molecule has 1 aliphatic rings. The summed E-state index contributed by atoms with van der Waals surface area (Å²) in [7, 11) is 1.36. The molecule has 0 amide bonds. The summed E-state index contributed by atoms with van der Waals surface area (Å²) in [6.45, 7) is 0. The van der Waals surface area contributed by atoms with Crippen molar-refractivity contribution >= 4 is 18.0 Å². The van der Waals surface area contributed by atoms with Gasteiger partial charge in [-0.1, -0.05) is 24.3 Å². The smallest absolute Gasteiger partial charge is 0.309 e. The van der Waals surface area contributed by atoms with Gasteiger partial charge in [-0.05, 0) is 24.0 Å². The lowest BCUT2D eigenvalue weighted by molar-refractivity contribution is -0.140. The molecule has 1 aliphatic carbocycles. The summed E-state index contributed by atoms with van der Waals surface area (Å²) in [4.78, 5) is 33.2. The van der Waals surface area contributed by atoms with Crippen LogP contribution in [0.15, 0.2) is 24.3 Å². The normalized spacial score (nSPS) is 21.6. The zero-order chi connectivity index (χ0) is 13.8. The zero-order valence-electron chi connectivity index (χ0n) is 10.8. The fraction of sp³-hybridized carbons (Fsp3) is 0.400. The maximum Gasteiger partial charge on any atom is 0.309 e. The Hall–Kier alpha value is -1.97. The van der Waals surface area contributed by atoms with Crippen molar-refractivity contribution in [1.29, 1.82) is 0 Å². The van der Waals surface area contributed by atoms with E-state index in [2.05, 4.69) is 4.74 Å². The Labute approximate surface area is 111 Å². The first-order chi connectivity index (χ1) is 9.13. The average molecular weight is 260 g/mol.